The number of hydrogen-bond donors (Lipinski definition) is 2. The van der Waals surface area contributed by atoms with Gasteiger partial charge in [0.05, 0.1) is 32.1 Å². The highest BCUT2D eigenvalue weighted by molar-refractivity contribution is 14.0. The number of methoxy groups -OCH3 is 2. The number of rotatable bonds is 7. The van der Waals surface area contributed by atoms with E-state index in [2.05, 4.69) is 20.7 Å². The molecule has 0 unspecified atom stereocenters. The highest BCUT2D eigenvalue weighted by atomic mass is 127. The molecule has 0 fully saturated rings. The number of para-hydroxylation sites is 1. The van der Waals surface area contributed by atoms with E-state index in [-0.39, 0.29) is 24.0 Å². The lowest BCUT2D eigenvalue weighted by atomic mass is 10.2. The third kappa shape index (κ3) is 6.11. The number of guanidine groups is 1. The Hall–Kier alpha value is -2.75. The van der Waals surface area contributed by atoms with Crippen molar-refractivity contribution in [2.45, 2.75) is 13.1 Å². The van der Waals surface area contributed by atoms with Crippen molar-refractivity contribution in [3.63, 3.8) is 0 Å². The minimum Gasteiger partial charge on any atom is -0.497 e. The quantitative estimate of drug-likeness (QED) is 0.292. The van der Waals surface area contributed by atoms with Crippen LogP contribution in [0.25, 0.3) is 5.69 Å². The first kappa shape index (κ1) is 22.5. The minimum absolute atomic E-state index is 0. The Kier molecular flexibility index (Phi) is 8.78. The van der Waals surface area contributed by atoms with Crippen LogP contribution in [0.5, 0.6) is 11.5 Å². The third-order valence-electron chi connectivity index (χ3n) is 4.28. The summed E-state index contributed by atoms with van der Waals surface area (Å²) in [5, 5.41) is 11.2. The van der Waals surface area contributed by atoms with E-state index in [1.54, 1.807) is 21.3 Å². The molecule has 3 rings (SSSR count). The van der Waals surface area contributed by atoms with E-state index in [9.17, 15) is 0 Å². The summed E-state index contributed by atoms with van der Waals surface area (Å²) in [4.78, 5) is 4.26. The monoisotopic (exact) mass is 507 g/mol. The zero-order valence-corrected chi connectivity index (χ0v) is 19.1. The summed E-state index contributed by atoms with van der Waals surface area (Å²) in [7, 11) is 5.07. The predicted octanol–water partition coefficient (Wildman–Crippen LogP) is 3.37. The summed E-state index contributed by atoms with van der Waals surface area (Å²) in [6.45, 7) is 1.18. The molecule has 0 atom stereocenters. The molecule has 0 spiro atoms. The second kappa shape index (κ2) is 11.3. The fraction of sp³-hybridized carbons (Fsp3) is 0.238. The van der Waals surface area contributed by atoms with Gasteiger partial charge in [0.15, 0.2) is 5.96 Å². The van der Waals surface area contributed by atoms with E-state index in [1.165, 1.54) is 0 Å². The van der Waals surface area contributed by atoms with Gasteiger partial charge in [0, 0.05) is 25.4 Å². The van der Waals surface area contributed by atoms with Crippen LogP contribution in [-0.2, 0) is 13.1 Å². The molecule has 0 aliphatic heterocycles. The summed E-state index contributed by atoms with van der Waals surface area (Å²) in [5.74, 6) is 2.37. The third-order valence-corrected chi connectivity index (χ3v) is 4.28. The van der Waals surface area contributed by atoms with Crippen LogP contribution in [0.1, 0.15) is 11.3 Å². The van der Waals surface area contributed by atoms with E-state index in [0.29, 0.717) is 19.0 Å². The maximum absolute atomic E-state index is 5.38. The molecule has 0 bridgehead atoms. The number of nitrogens with zero attached hydrogens (tertiary/aromatic N) is 3. The zero-order valence-electron chi connectivity index (χ0n) is 16.8. The maximum atomic E-state index is 5.38. The maximum Gasteiger partial charge on any atom is 0.191 e. The second-order valence-corrected chi connectivity index (χ2v) is 6.04. The molecule has 0 aliphatic rings. The summed E-state index contributed by atoms with van der Waals surface area (Å²) >= 11 is 0. The number of halogens is 1. The second-order valence-electron chi connectivity index (χ2n) is 6.04. The fourth-order valence-corrected chi connectivity index (χ4v) is 2.76. The van der Waals surface area contributed by atoms with Gasteiger partial charge >= 0.3 is 0 Å². The Morgan fingerprint density at radius 1 is 0.966 bits per heavy atom. The largest absolute Gasteiger partial charge is 0.497 e. The smallest absolute Gasteiger partial charge is 0.191 e. The van der Waals surface area contributed by atoms with Gasteiger partial charge in [-0.2, -0.15) is 5.10 Å². The van der Waals surface area contributed by atoms with E-state index in [0.717, 1.165) is 28.4 Å². The van der Waals surface area contributed by atoms with Gasteiger partial charge in [-0.3, -0.25) is 4.99 Å². The standard InChI is InChI=1S/C21H25N5O2.HI/c1-22-21(23-14-16-6-4-5-7-20(16)28-3)24-15-17-12-13-26(25-17)18-8-10-19(27-2)11-9-18;/h4-13H,14-15H2,1-3H3,(H2,22,23,24);1H. The fourth-order valence-electron chi connectivity index (χ4n) is 2.76. The van der Waals surface area contributed by atoms with E-state index < -0.39 is 0 Å². The molecule has 3 aromatic rings. The van der Waals surface area contributed by atoms with Crippen LogP contribution in [0, 0.1) is 0 Å². The molecule has 0 radical (unpaired) electrons. The van der Waals surface area contributed by atoms with Crippen molar-refractivity contribution in [2.24, 2.45) is 4.99 Å². The van der Waals surface area contributed by atoms with Gasteiger partial charge in [-0.1, -0.05) is 18.2 Å². The van der Waals surface area contributed by atoms with Crippen molar-refractivity contribution in [3.05, 3.63) is 72.1 Å². The number of aliphatic imine (C=N–C) groups is 1. The van der Waals surface area contributed by atoms with Gasteiger partial charge in [0.2, 0.25) is 0 Å². The van der Waals surface area contributed by atoms with Gasteiger partial charge in [-0.15, -0.1) is 24.0 Å². The lowest BCUT2D eigenvalue weighted by molar-refractivity contribution is 0.409. The molecule has 0 saturated heterocycles. The summed E-state index contributed by atoms with van der Waals surface area (Å²) in [6, 6.07) is 17.7. The van der Waals surface area contributed by atoms with Crippen molar-refractivity contribution in [3.8, 4) is 17.2 Å². The number of ether oxygens (including phenoxy) is 2. The molecule has 29 heavy (non-hydrogen) atoms. The van der Waals surface area contributed by atoms with Gasteiger partial charge in [-0.25, -0.2) is 4.68 Å². The first-order valence-electron chi connectivity index (χ1n) is 8.99. The molecular formula is C21H26IN5O2. The normalized spacial score (nSPS) is 10.8. The molecular weight excluding hydrogens is 481 g/mol. The van der Waals surface area contributed by atoms with Gasteiger partial charge in [0.1, 0.15) is 11.5 Å². The average Bonchev–Trinajstić information content (AvgIpc) is 3.23. The summed E-state index contributed by atoms with van der Waals surface area (Å²) in [6.07, 6.45) is 1.93. The highest BCUT2D eigenvalue weighted by Crippen LogP contribution is 2.17. The average molecular weight is 507 g/mol. The Labute approximate surface area is 188 Å². The van der Waals surface area contributed by atoms with Crippen LogP contribution < -0.4 is 20.1 Å². The topological polar surface area (TPSA) is 72.7 Å². The van der Waals surface area contributed by atoms with Crippen LogP contribution in [0.15, 0.2) is 65.8 Å². The molecule has 1 aromatic heterocycles. The van der Waals surface area contributed by atoms with Gasteiger partial charge in [-0.05, 0) is 36.4 Å². The Balaban J connectivity index is 0.00000300. The first-order chi connectivity index (χ1) is 13.7. The van der Waals surface area contributed by atoms with Crippen molar-refractivity contribution in [1.82, 2.24) is 20.4 Å². The molecule has 2 aromatic carbocycles. The molecule has 2 N–H and O–H groups in total. The number of nitrogens with one attached hydrogen (secondary N) is 2. The number of aromatic nitrogens is 2. The predicted molar refractivity (Wildman–Crippen MR) is 126 cm³/mol. The lowest BCUT2D eigenvalue weighted by Gasteiger charge is -2.13. The number of benzene rings is 2. The highest BCUT2D eigenvalue weighted by Gasteiger charge is 2.05. The molecule has 1 heterocycles. The molecule has 0 saturated carbocycles. The Morgan fingerprint density at radius 2 is 1.69 bits per heavy atom. The minimum atomic E-state index is 0. The van der Waals surface area contributed by atoms with Gasteiger partial charge in [0.25, 0.3) is 0 Å². The SMILES string of the molecule is CN=C(NCc1ccn(-c2ccc(OC)cc2)n1)NCc1ccccc1OC.I. The molecule has 154 valence electrons. The molecule has 0 amide bonds. The number of hydrogen-bond acceptors (Lipinski definition) is 4. The molecule has 0 aliphatic carbocycles. The van der Waals surface area contributed by atoms with Crippen molar-refractivity contribution in [1.29, 1.82) is 0 Å². The Morgan fingerprint density at radius 3 is 2.38 bits per heavy atom. The summed E-state index contributed by atoms with van der Waals surface area (Å²) in [5.41, 5.74) is 2.96. The van der Waals surface area contributed by atoms with Crippen LogP contribution >= 0.6 is 24.0 Å². The van der Waals surface area contributed by atoms with E-state index in [1.807, 2.05) is 65.5 Å². The summed E-state index contributed by atoms with van der Waals surface area (Å²) < 4.78 is 12.4. The van der Waals surface area contributed by atoms with Crippen molar-refractivity contribution < 1.29 is 9.47 Å². The van der Waals surface area contributed by atoms with Gasteiger partial charge < -0.3 is 20.1 Å². The Bertz CT molecular complexity index is 925. The van der Waals surface area contributed by atoms with Crippen LogP contribution in [0.3, 0.4) is 0 Å². The van der Waals surface area contributed by atoms with Crippen LogP contribution in [-0.4, -0.2) is 37.0 Å². The van der Waals surface area contributed by atoms with Crippen LogP contribution in [0.4, 0.5) is 0 Å². The molecule has 7 nitrogen and oxygen atoms in total. The van der Waals surface area contributed by atoms with Crippen molar-refractivity contribution in [2.75, 3.05) is 21.3 Å². The molecule has 8 heteroatoms. The van der Waals surface area contributed by atoms with E-state index in [4.69, 9.17) is 9.47 Å². The lowest BCUT2D eigenvalue weighted by Crippen LogP contribution is -2.36. The van der Waals surface area contributed by atoms with Crippen LogP contribution in [0.2, 0.25) is 0 Å². The zero-order chi connectivity index (χ0) is 19.8. The van der Waals surface area contributed by atoms with Crippen molar-refractivity contribution >= 4 is 29.9 Å². The first-order valence-corrected chi connectivity index (χ1v) is 8.99. The van der Waals surface area contributed by atoms with E-state index >= 15 is 0 Å².